The quantitative estimate of drug-likeness (QED) is 0.0558. The first kappa shape index (κ1) is 63.4. The van der Waals surface area contributed by atoms with E-state index in [4.69, 9.17) is 20.7 Å². The number of carbonyl (C=O) groups is 1. The zero-order chi connectivity index (χ0) is 42.9. The molecule has 0 aromatic rings. The summed E-state index contributed by atoms with van der Waals surface area (Å²) >= 11 is 0. The number of hydrogen-bond donors (Lipinski definition) is 3. The Morgan fingerprint density at radius 3 is 1.00 bits per heavy atom. The molecule has 0 heterocycles. The number of rotatable bonds is 35. The molecule has 0 saturated carbocycles. The van der Waals surface area contributed by atoms with Gasteiger partial charge in [-0.25, -0.2) is 4.79 Å². The van der Waals surface area contributed by atoms with Gasteiger partial charge in [-0.05, 0) is 62.2 Å². The first-order chi connectivity index (χ1) is 26.4. The Bertz CT molecular complexity index is 622. The van der Waals surface area contributed by atoms with Crippen molar-refractivity contribution >= 4 is 6.09 Å². The highest BCUT2D eigenvalue weighted by Crippen LogP contribution is 2.30. The summed E-state index contributed by atoms with van der Waals surface area (Å²) in [7, 11) is 1.00. The topological polar surface area (TPSA) is 92.8 Å². The molecule has 338 valence electrons. The fourth-order valence-corrected chi connectivity index (χ4v) is 7.35. The Hall–Kier alpha value is -0.810. The van der Waals surface area contributed by atoms with Crippen molar-refractivity contribution in [1.82, 2.24) is 0 Å². The highest BCUT2D eigenvalue weighted by molar-refractivity contribution is 5.64. The average Bonchev–Trinajstić information content (AvgIpc) is 3.13. The van der Waals surface area contributed by atoms with Crippen LogP contribution in [0.2, 0.25) is 0 Å². The van der Waals surface area contributed by atoms with Crippen molar-refractivity contribution in [2.75, 3.05) is 13.7 Å². The predicted octanol–water partition coefficient (Wildman–Crippen LogP) is 16.9. The maximum absolute atomic E-state index is 11.3. The van der Waals surface area contributed by atoms with Gasteiger partial charge in [0.25, 0.3) is 0 Å². The highest BCUT2D eigenvalue weighted by Gasteiger charge is 2.17. The maximum Gasteiger partial charge on any atom is 0.404 e. The Labute approximate surface area is 349 Å². The van der Waals surface area contributed by atoms with Crippen LogP contribution in [0.4, 0.5) is 4.79 Å². The number of ether oxygens (including phenoxy) is 1. The molecule has 0 aromatic carbocycles. The Balaban J connectivity index is -0.000000340. The van der Waals surface area contributed by atoms with Crippen molar-refractivity contribution in [1.29, 1.82) is 0 Å². The predicted molar refractivity (Wildman–Crippen MR) is 249 cm³/mol. The van der Waals surface area contributed by atoms with E-state index in [1.54, 1.807) is 0 Å². The second-order valence-electron chi connectivity index (χ2n) is 17.5. The third-order valence-corrected chi connectivity index (χ3v) is 10.1. The molecule has 55 heavy (non-hydrogen) atoms. The number of unbranched alkanes of at least 4 members (excludes halogenated alkanes) is 24. The lowest BCUT2D eigenvalue weighted by molar-refractivity contribution is 0.0921. The van der Waals surface area contributed by atoms with Crippen molar-refractivity contribution in [2.24, 2.45) is 23.0 Å². The van der Waals surface area contributed by atoms with E-state index >= 15 is 0 Å². The largest absolute Gasteiger partial charge is 0.446 e. The van der Waals surface area contributed by atoms with Crippen molar-refractivity contribution in [3.8, 4) is 0 Å². The van der Waals surface area contributed by atoms with Crippen LogP contribution in [-0.2, 0) is 4.74 Å². The molecule has 0 unspecified atom stereocenters. The lowest BCUT2D eigenvalue weighted by Crippen LogP contribution is -2.22. The Morgan fingerprint density at radius 1 is 0.509 bits per heavy atom. The van der Waals surface area contributed by atoms with E-state index in [1.807, 2.05) is 13.8 Å². The van der Waals surface area contributed by atoms with Crippen LogP contribution in [0.1, 0.15) is 282 Å². The van der Waals surface area contributed by atoms with Gasteiger partial charge in [-0.1, -0.05) is 237 Å². The summed E-state index contributed by atoms with van der Waals surface area (Å²) in [6.45, 7) is 24.7. The van der Waals surface area contributed by atoms with Crippen LogP contribution in [0, 0.1) is 17.3 Å². The third kappa shape index (κ3) is 68.3. The molecule has 0 bridgehead atoms. The Morgan fingerprint density at radius 2 is 0.800 bits per heavy atom. The van der Waals surface area contributed by atoms with Crippen molar-refractivity contribution < 1.29 is 19.7 Å². The number of amides is 1. The molecule has 0 fully saturated rings. The van der Waals surface area contributed by atoms with Crippen molar-refractivity contribution in [2.45, 2.75) is 288 Å². The fraction of sp³-hybridized carbons (Fsp3) is 0.980. The van der Waals surface area contributed by atoms with Gasteiger partial charge in [-0.3, -0.25) is 0 Å². The summed E-state index contributed by atoms with van der Waals surface area (Å²) in [5.41, 5.74) is 5.89. The second kappa shape index (κ2) is 55.3. The summed E-state index contributed by atoms with van der Waals surface area (Å²) in [5, 5.41) is 15.2. The molecule has 5 heteroatoms. The normalized spacial score (nSPS) is 10.9. The molecule has 0 aliphatic carbocycles. The molecule has 0 atom stereocenters. The lowest BCUT2D eigenvalue weighted by Gasteiger charge is -2.25. The first-order valence-corrected chi connectivity index (χ1v) is 24.5. The summed E-state index contributed by atoms with van der Waals surface area (Å²) in [6.07, 6.45) is 41.9. The number of primary amides is 1. The molecular weight excluding hydrogens is 679 g/mol. The Kier molecular flexibility index (Phi) is 63.7. The highest BCUT2D eigenvalue weighted by atomic mass is 16.6. The SMILES string of the molecule is CC.CC(C)CCO.CCCC(C)(C)CC(C)C.CCCCCCCCCCCCCCCC(CCCCCCCCCCCCCCC)OC(N)=O.CO. The van der Waals surface area contributed by atoms with Crippen LogP contribution in [0.3, 0.4) is 0 Å². The minimum absolute atomic E-state index is 0.0351. The molecule has 0 rings (SSSR count). The third-order valence-electron chi connectivity index (χ3n) is 10.1. The molecule has 0 saturated heterocycles. The van der Waals surface area contributed by atoms with Crippen LogP contribution in [0.5, 0.6) is 0 Å². The van der Waals surface area contributed by atoms with Gasteiger partial charge in [-0.15, -0.1) is 0 Å². The summed E-state index contributed by atoms with van der Waals surface area (Å²) < 4.78 is 5.40. The molecule has 0 aliphatic rings. The standard InChI is InChI=1S/C32H65NO2.C10H22.C5H12O.C2H6.CH4O/c1-3-5-7-9-11-13-15-17-19-21-23-25-27-29-31(35-32(33)34)30-28-26-24-22-20-18-16-14-12-10-8-6-4-2;1-6-7-10(4,5)8-9(2)3;1-5(2)3-4-6;2*1-2/h31H,3-30H2,1-2H3,(H2,33,34);9H,6-8H2,1-5H3;5-6H,3-4H2,1-2H3;1-2H3;2H,1H3. The van der Waals surface area contributed by atoms with E-state index in [0.717, 1.165) is 45.1 Å². The number of aliphatic hydroxyl groups excluding tert-OH is 2. The van der Waals surface area contributed by atoms with Gasteiger partial charge in [0.05, 0.1) is 0 Å². The molecule has 5 nitrogen and oxygen atoms in total. The molecule has 0 spiro atoms. The van der Waals surface area contributed by atoms with Gasteiger partial charge in [0.1, 0.15) is 6.10 Å². The van der Waals surface area contributed by atoms with Gasteiger partial charge in [-0.2, -0.15) is 0 Å². The molecule has 0 aromatic heterocycles. The van der Waals surface area contributed by atoms with Crippen LogP contribution in [-0.4, -0.2) is 36.1 Å². The monoisotopic (exact) mass is 788 g/mol. The van der Waals surface area contributed by atoms with Crippen LogP contribution >= 0.6 is 0 Å². The number of aliphatic hydroxyl groups is 2. The fourth-order valence-electron chi connectivity index (χ4n) is 7.35. The summed E-state index contributed by atoms with van der Waals surface area (Å²) in [6, 6.07) is 0. The number of hydrogen-bond acceptors (Lipinski definition) is 4. The number of nitrogens with two attached hydrogens (primary N) is 1. The lowest BCUT2D eigenvalue weighted by atomic mass is 9.80. The molecule has 0 aliphatic heterocycles. The molecule has 1 amide bonds. The minimum atomic E-state index is -0.598. The van der Waals surface area contributed by atoms with Crippen LogP contribution < -0.4 is 5.73 Å². The van der Waals surface area contributed by atoms with E-state index in [0.29, 0.717) is 17.9 Å². The smallest absolute Gasteiger partial charge is 0.404 e. The molecular formula is C50H109NO4. The molecule has 0 radical (unpaired) electrons. The van der Waals surface area contributed by atoms with E-state index in [2.05, 4.69) is 62.3 Å². The minimum Gasteiger partial charge on any atom is -0.446 e. The van der Waals surface area contributed by atoms with Gasteiger partial charge in [0.2, 0.25) is 0 Å². The summed E-state index contributed by atoms with van der Waals surface area (Å²) in [4.78, 5) is 11.3. The van der Waals surface area contributed by atoms with E-state index in [1.165, 1.54) is 173 Å². The first-order valence-electron chi connectivity index (χ1n) is 24.5. The van der Waals surface area contributed by atoms with Crippen molar-refractivity contribution in [3.63, 3.8) is 0 Å². The van der Waals surface area contributed by atoms with E-state index < -0.39 is 6.09 Å². The van der Waals surface area contributed by atoms with E-state index in [-0.39, 0.29) is 6.10 Å². The van der Waals surface area contributed by atoms with Gasteiger partial charge < -0.3 is 20.7 Å². The van der Waals surface area contributed by atoms with Crippen LogP contribution in [0.25, 0.3) is 0 Å². The zero-order valence-corrected chi connectivity index (χ0v) is 40.4. The van der Waals surface area contributed by atoms with Crippen LogP contribution in [0.15, 0.2) is 0 Å². The average molecular weight is 788 g/mol. The molecule has 4 N–H and O–H groups in total. The van der Waals surface area contributed by atoms with E-state index in [9.17, 15) is 4.79 Å². The van der Waals surface area contributed by atoms with Gasteiger partial charge >= 0.3 is 6.09 Å². The summed E-state index contributed by atoms with van der Waals surface area (Å²) in [5.74, 6) is 1.50. The second-order valence-corrected chi connectivity index (χ2v) is 17.5. The zero-order valence-electron chi connectivity index (χ0n) is 40.4. The maximum atomic E-state index is 11.3. The van der Waals surface area contributed by atoms with Gasteiger partial charge in [0, 0.05) is 13.7 Å². The van der Waals surface area contributed by atoms with Gasteiger partial charge in [0.15, 0.2) is 0 Å². The number of carbonyl (C=O) groups excluding carboxylic acids is 1. The van der Waals surface area contributed by atoms with Crippen molar-refractivity contribution in [3.05, 3.63) is 0 Å².